The molecule has 210 valence electrons. The fourth-order valence-corrected chi connectivity index (χ4v) is 8.20. The van der Waals surface area contributed by atoms with Gasteiger partial charge in [-0.15, -0.1) is 0 Å². The highest BCUT2D eigenvalue weighted by atomic mass is 32.2. The molecule has 0 spiro atoms. The Labute approximate surface area is 231 Å². The number of fused-ring (bicyclic) bond motifs is 1. The molecule has 0 radical (unpaired) electrons. The van der Waals surface area contributed by atoms with Gasteiger partial charge in [-0.2, -0.15) is 9.30 Å². The molecule has 0 N–H and O–H groups in total. The molecule has 1 amide bonds. The van der Waals surface area contributed by atoms with Crippen molar-refractivity contribution >= 4 is 53.3 Å². The van der Waals surface area contributed by atoms with E-state index in [1.807, 2.05) is 13.8 Å². The van der Waals surface area contributed by atoms with E-state index in [0.29, 0.717) is 23.3 Å². The topological polar surface area (TPSA) is 132 Å². The monoisotopic (exact) mass is 593 g/mol. The van der Waals surface area contributed by atoms with Gasteiger partial charge in [0.05, 0.1) is 26.6 Å². The van der Waals surface area contributed by atoms with Crippen LogP contribution in [0.15, 0.2) is 57.2 Å². The number of esters is 1. The van der Waals surface area contributed by atoms with Crippen molar-refractivity contribution in [3.05, 3.63) is 52.8 Å². The summed E-state index contributed by atoms with van der Waals surface area (Å²) in [7, 11) is -7.17. The molecule has 10 nitrogen and oxygen atoms in total. The molecule has 0 saturated carbocycles. The van der Waals surface area contributed by atoms with Crippen LogP contribution in [0.2, 0.25) is 0 Å². The van der Waals surface area contributed by atoms with E-state index in [1.165, 1.54) is 45.3 Å². The normalized spacial score (nSPS) is 19.3. The second-order valence-corrected chi connectivity index (χ2v) is 14.8. The molecule has 13 heteroatoms. The van der Waals surface area contributed by atoms with Gasteiger partial charge in [0.15, 0.2) is 14.6 Å². The second-order valence-electron chi connectivity index (χ2n) is 9.89. The lowest BCUT2D eigenvalue weighted by Crippen LogP contribution is -2.42. The van der Waals surface area contributed by atoms with Gasteiger partial charge in [0, 0.05) is 24.9 Å². The van der Waals surface area contributed by atoms with E-state index in [2.05, 4.69) is 4.99 Å². The number of carbonyl (C=O) groups excluding carboxylic acids is 2. The quantitative estimate of drug-likeness (QED) is 0.385. The first-order chi connectivity index (χ1) is 18.3. The van der Waals surface area contributed by atoms with Gasteiger partial charge in [-0.25, -0.2) is 16.8 Å². The highest BCUT2D eigenvalue weighted by molar-refractivity contribution is 7.90. The molecule has 4 rings (SSSR count). The number of hydrogen-bond donors (Lipinski definition) is 0. The molecule has 3 aromatic rings. The van der Waals surface area contributed by atoms with Crippen molar-refractivity contribution in [2.45, 2.75) is 43.5 Å². The van der Waals surface area contributed by atoms with Crippen LogP contribution in [0.4, 0.5) is 0 Å². The van der Waals surface area contributed by atoms with E-state index in [-0.39, 0.29) is 45.1 Å². The molecule has 2 aromatic carbocycles. The van der Waals surface area contributed by atoms with Crippen LogP contribution < -0.4 is 4.80 Å². The van der Waals surface area contributed by atoms with Crippen LogP contribution in [0.5, 0.6) is 0 Å². The zero-order valence-electron chi connectivity index (χ0n) is 22.2. The van der Waals surface area contributed by atoms with Gasteiger partial charge in [0.1, 0.15) is 6.54 Å². The average Bonchev–Trinajstić information content (AvgIpc) is 3.19. The number of sulfonamides is 1. The Morgan fingerprint density at radius 1 is 1.00 bits per heavy atom. The van der Waals surface area contributed by atoms with E-state index in [0.717, 1.165) is 24.0 Å². The Balaban J connectivity index is 1.69. The molecule has 1 aromatic heterocycles. The third-order valence-electron chi connectivity index (χ3n) is 6.45. The molecule has 1 aliphatic heterocycles. The number of nitrogens with zero attached hydrogens (tertiary/aromatic N) is 3. The number of piperidine rings is 1. The number of aromatic nitrogens is 1. The number of carbonyl (C=O) groups is 2. The number of hydrogen-bond acceptors (Lipinski definition) is 8. The zero-order chi connectivity index (χ0) is 28.5. The lowest BCUT2D eigenvalue weighted by Gasteiger charge is -2.34. The van der Waals surface area contributed by atoms with Crippen LogP contribution in [0.3, 0.4) is 0 Å². The molecule has 1 saturated heterocycles. The van der Waals surface area contributed by atoms with E-state index in [9.17, 15) is 26.4 Å². The fourth-order valence-electron chi connectivity index (χ4n) is 4.73. The van der Waals surface area contributed by atoms with Crippen LogP contribution >= 0.6 is 11.3 Å². The number of rotatable bonds is 7. The van der Waals surface area contributed by atoms with Crippen LogP contribution in [0, 0.1) is 11.8 Å². The van der Waals surface area contributed by atoms with Gasteiger partial charge < -0.3 is 9.30 Å². The molecule has 1 fully saturated rings. The standard InChI is InChI=1S/C26H31N3O7S3/c1-5-36-24(30)16-29-22-11-10-21(38(4,32)33)13-23(22)37-26(29)27-25(31)19-6-8-20(9-7-19)39(34,35)28-14-17(2)12-18(3)15-28/h6-11,13,17-18H,5,12,14-16H2,1-4H3. The van der Waals surface area contributed by atoms with E-state index < -0.39 is 31.7 Å². The molecule has 39 heavy (non-hydrogen) atoms. The van der Waals surface area contributed by atoms with Gasteiger partial charge in [-0.3, -0.25) is 9.59 Å². The number of ether oxygens (including phenoxy) is 1. The third kappa shape index (κ3) is 6.48. The van der Waals surface area contributed by atoms with E-state index in [1.54, 1.807) is 13.0 Å². The minimum atomic E-state index is -3.70. The van der Waals surface area contributed by atoms with Crippen molar-refractivity contribution in [1.29, 1.82) is 0 Å². The van der Waals surface area contributed by atoms with Crippen LogP contribution in [0.1, 0.15) is 37.6 Å². The molecule has 2 heterocycles. The maximum atomic E-state index is 13.2. The summed E-state index contributed by atoms with van der Waals surface area (Å²) in [5.74, 6) is -0.639. The number of amides is 1. The second kappa shape index (κ2) is 11.3. The minimum Gasteiger partial charge on any atom is -0.465 e. The van der Waals surface area contributed by atoms with E-state index >= 15 is 0 Å². The molecular formula is C26H31N3O7S3. The van der Waals surface area contributed by atoms with Crippen molar-refractivity contribution in [1.82, 2.24) is 8.87 Å². The third-order valence-corrected chi connectivity index (χ3v) is 10.4. The first-order valence-electron chi connectivity index (χ1n) is 12.5. The van der Waals surface area contributed by atoms with Gasteiger partial charge in [-0.1, -0.05) is 25.2 Å². The maximum absolute atomic E-state index is 13.2. The van der Waals surface area contributed by atoms with Crippen molar-refractivity contribution in [2.24, 2.45) is 16.8 Å². The summed E-state index contributed by atoms with van der Waals surface area (Å²) in [6.07, 6.45) is 2.07. The van der Waals surface area contributed by atoms with Gasteiger partial charge in [0.2, 0.25) is 10.0 Å². The Bertz CT molecular complexity index is 1680. The maximum Gasteiger partial charge on any atom is 0.326 e. The van der Waals surface area contributed by atoms with Crippen molar-refractivity contribution in [3.63, 3.8) is 0 Å². The van der Waals surface area contributed by atoms with Crippen LogP contribution in [-0.4, -0.2) is 63.5 Å². The predicted octanol–water partition coefficient (Wildman–Crippen LogP) is 3.08. The van der Waals surface area contributed by atoms with Crippen LogP contribution in [-0.2, 0) is 35.9 Å². The summed E-state index contributed by atoms with van der Waals surface area (Å²) in [6.45, 7) is 6.61. The fraction of sp³-hybridized carbons (Fsp3) is 0.423. The zero-order valence-corrected chi connectivity index (χ0v) is 24.6. The lowest BCUT2D eigenvalue weighted by molar-refractivity contribution is -0.143. The molecule has 0 bridgehead atoms. The Kier molecular flexibility index (Phi) is 8.45. The predicted molar refractivity (Wildman–Crippen MR) is 148 cm³/mol. The van der Waals surface area contributed by atoms with Crippen molar-refractivity contribution in [2.75, 3.05) is 26.0 Å². The Hall–Kier alpha value is -2.87. The first-order valence-corrected chi connectivity index (χ1v) is 16.6. The highest BCUT2D eigenvalue weighted by Gasteiger charge is 2.31. The molecule has 2 atom stereocenters. The van der Waals surface area contributed by atoms with Crippen molar-refractivity contribution < 1.29 is 31.2 Å². The van der Waals surface area contributed by atoms with Crippen LogP contribution in [0.25, 0.3) is 10.2 Å². The Morgan fingerprint density at radius 3 is 2.21 bits per heavy atom. The largest absolute Gasteiger partial charge is 0.465 e. The molecular weight excluding hydrogens is 563 g/mol. The summed E-state index contributed by atoms with van der Waals surface area (Å²) in [4.78, 5) is 29.9. The number of thiazole rings is 1. The summed E-state index contributed by atoms with van der Waals surface area (Å²) in [6, 6.07) is 10.1. The van der Waals surface area contributed by atoms with Gasteiger partial charge >= 0.3 is 5.97 Å². The number of sulfone groups is 1. The Morgan fingerprint density at radius 2 is 1.62 bits per heavy atom. The summed E-state index contributed by atoms with van der Waals surface area (Å²) in [5, 5.41) is 0. The molecule has 1 aliphatic rings. The molecule has 0 aliphatic carbocycles. The molecule has 2 unspecified atom stereocenters. The average molecular weight is 594 g/mol. The minimum absolute atomic E-state index is 0.103. The SMILES string of the molecule is CCOC(=O)Cn1c(=NC(=O)c2ccc(S(=O)(=O)N3CC(C)CC(C)C3)cc2)sc2cc(S(C)(=O)=O)ccc21. The summed E-state index contributed by atoms with van der Waals surface area (Å²) >= 11 is 1.06. The first kappa shape index (κ1) is 29.1. The number of benzene rings is 2. The highest BCUT2D eigenvalue weighted by Crippen LogP contribution is 2.27. The van der Waals surface area contributed by atoms with E-state index in [4.69, 9.17) is 4.74 Å². The summed E-state index contributed by atoms with van der Waals surface area (Å²) < 4.78 is 59.0. The smallest absolute Gasteiger partial charge is 0.326 e. The van der Waals surface area contributed by atoms with Crippen molar-refractivity contribution in [3.8, 4) is 0 Å². The van der Waals surface area contributed by atoms with Gasteiger partial charge in [-0.05, 0) is 67.6 Å². The lowest BCUT2D eigenvalue weighted by atomic mass is 9.94. The summed E-state index contributed by atoms with van der Waals surface area (Å²) in [5.41, 5.74) is 0.699. The van der Waals surface area contributed by atoms with Gasteiger partial charge in [0.25, 0.3) is 5.91 Å².